The van der Waals surface area contributed by atoms with Crippen molar-refractivity contribution in [3.05, 3.63) is 59.4 Å². The lowest BCUT2D eigenvalue weighted by atomic mass is 10.1. The molecule has 1 aromatic heterocycles. The third-order valence-corrected chi connectivity index (χ3v) is 4.40. The number of hydrogen-bond donors (Lipinski definition) is 0. The van der Waals surface area contributed by atoms with Crippen molar-refractivity contribution in [3.63, 3.8) is 0 Å². The van der Waals surface area contributed by atoms with E-state index in [-0.39, 0.29) is 0 Å². The summed E-state index contributed by atoms with van der Waals surface area (Å²) in [5.41, 5.74) is 3.66. The van der Waals surface area contributed by atoms with Crippen LogP contribution in [0.3, 0.4) is 0 Å². The van der Waals surface area contributed by atoms with Crippen LogP contribution in [-0.4, -0.2) is 37.6 Å². The Morgan fingerprint density at radius 3 is 2.30 bits per heavy atom. The Morgan fingerprint density at radius 2 is 1.70 bits per heavy atom. The second-order valence-corrected chi connectivity index (χ2v) is 6.91. The standard InChI is InChI=1S/C24H32N2O4/c1-6-7-12-29-22-15-18(2)24(19(3)16-22)30-14-9-8-13-28-21-10-11-23(25-17-21)20(4)26-27-5/h6-7,10-11,15-17H,8-9,12-14H2,1-5H3/b7-6+,26-20+. The van der Waals surface area contributed by atoms with Crippen LogP contribution in [0, 0.1) is 13.8 Å². The summed E-state index contributed by atoms with van der Waals surface area (Å²) in [5, 5.41) is 3.87. The highest BCUT2D eigenvalue weighted by atomic mass is 16.6. The van der Waals surface area contributed by atoms with E-state index < -0.39 is 0 Å². The van der Waals surface area contributed by atoms with E-state index >= 15 is 0 Å². The molecule has 0 spiro atoms. The minimum Gasteiger partial charge on any atom is -0.493 e. The quantitative estimate of drug-likeness (QED) is 0.206. The van der Waals surface area contributed by atoms with E-state index in [1.54, 1.807) is 6.20 Å². The molecule has 0 aliphatic heterocycles. The number of ether oxygens (including phenoxy) is 3. The van der Waals surface area contributed by atoms with E-state index in [4.69, 9.17) is 19.0 Å². The zero-order chi connectivity index (χ0) is 21.8. The second-order valence-electron chi connectivity index (χ2n) is 6.91. The fourth-order valence-electron chi connectivity index (χ4n) is 2.89. The Bertz CT molecular complexity index is 822. The first-order chi connectivity index (χ1) is 14.5. The second kappa shape index (κ2) is 12.5. The maximum atomic E-state index is 6.00. The molecule has 1 heterocycles. The molecular weight excluding hydrogens is 380 g/mol. The third kappa shape index (κ3) is 7.43. The smallest absolute Gasteiger partial charge is 0.137 e. The number of aromatic nitrogens is 1. The van der Waals surface area contributed by atoms with Crippen LogP contribution in [0.2, 0.25) is 0 Å². The molecular formula is C24H32N2O4. The van der Waals surface area contributed by atoms with Gasteiger partial charge < -0.3 is 19.0 Å². The van der Waals surface area contributed by atoms with Crippen molar-refractivity contribution in [1.82, 2.24) is 4.98 Å². The molecule has 30 heavy (non-hydrogen) atoms. The summed E-state index contributed by atoms with van der Waals surface area (Å²) in [5.74, 6) is 2.54. The molecule has 0 aliphatic rings. The molecule has 6 heteroatoms. The van der Waals surface area contributed by atoms with E-state index in [0.29, 0.717) is 19.8 Å². The molecule has 162 valence electrons. The molecule has 0 N–H and O–H groups in total. The number of rotatable bonds is 12. The molecule has 0 bridgehead atoms. The summed E-state index contributed by atoms with van der Waals surface area (Å²) < 4.78 is 17.5. The maximum Gasteiger partial charge on any atom is 0.137 e. The van der Waals surface area contributed by atoms with Crippen LogP contribution >= 0.6 is 0 Å². The topological polar surface area (TPSA) is 62.2 Å². The molecule has 2 aromatic rings. The SMILES string of the molecule is C/C=C/COc1cc(C)c(OCCCCOc2ccc(/C(C)=N/OC)nc2)c(C)c1. The van der Waals surface area contributed by atoms with Gasteiger partial charge >= 0.3 is 0 Å². The van der Waals surface area contributed by atoms with Gasteiger partial charge in [-0.05, 0) is 75.9 Å². The molecule has 0 saturated carbocycles. The van der Waals surface area contributed by atoms with Gasteiger partial charge in [0.2, 0.25) is 0 Å². The zero-order valence-electron chi connectivity index (χ0n) is 18.6. The van der Waals surface area contributed by atoms with Gasteiger partial charge in [-0.1, -0.05) is 17.3 Å². The molecule has 6 nitrogen and oxygen atoms in total. The Kier molecular flexibility index (Phi) is 9.71. The van der Waals surface area contributed by atoms with E-state index in [1.807, 2.05) is 64.1 Å². The summed E-state index contributed by atoms with van der Waals surface area (Å²) in [4.78, 5) is 9.09. The van der Waals surface area contributed by atoms with Crippen molar-refractivity contribution in [1.29, 1.82) is 0 Å². The number of benzene rings is 1. The minimum atomic E-state index is 0.578. The highest BCUT2D eigenvalue weighted by molar-refractivity contribution is 5.96. The first-order valence-corrected chi connectivity index (χ1v) is 10.2. The predicted octanol–water partition coefficient (Wildman–Crippen LogP) is 5.26. The van der Waals surface area contributed by atoms with Crippen LogP contribution in [0.15, 0.2) is 47.8 Å². The number of aryl methyl sites for hydroxylation is 2. The number of oxime groups is 1. The van der Waals surface area contributed by atoms with Crippen molar-refractivity contribution in [3.8, 4) is 17.2 Å². The monoisotopic (exact) mass is 412 g/mol. The average Bonchev–Trinajstić information content (AvgIpc) is 2.73. The number of nitrogens with zero attached hydrogens (tertiary/aromatic N) is 2. The predicted molar refractivity (Wildman–Crippen MR) is 120 cm³/mol. The zero-order valence-corrected chi connectivity index (χ0v) is 18.6. The Balaban J connectivity index is 1.72. The van der Waals surface area contributed by atoms with Gasteiger partial charge in [0.05, 0.1) is 25.1 Å². The van der Waals surface area contributed by atoms with Gasteiger partial charge in [-0.15, -0.1) is 0 Å². The lowest BCUT2D eigenvalue weighted by molar-refractivity contribution is 0.213. The summed E-state index contributed by atoms with van der Waals surface area (Å²) in [6.07, 6.45) is 7.47. The molecule has 0 radical (unpaired) electrons. The van der Waals surface area contributed by atoms with Crippen LogP contribution in [0.1, 0.15) is 43.5 Å². The van der Waals surface area contributed by atoms with Gasteiger partial charge in [-0.3, -0.25) is 4.98 Å². The maximum absolute atomic E-state index is 6.00. The minimum absolute atomic E-state index is 0.578. The lowest BCUT2D eigenvalue weighted by Crippen LogP contribution is -2.05. The molecule has 2 rings (SSSR count). The van der Waals surface area contributed by atoms with Crippen LogP contribution in [0.25, 0.3) is 0 Å². The van der Waals surface area contributed by atoms with Gasteiger partial charge in [0.25, 0.3) is 0 Å². The molecule has 0 saturated heterocycles. The van der Waals surface area contributed by atoms with Gasteiger partial charge in [0, 0.05) is 0 Å². The van der Waals surface area contributed by atoms with Gasteiger partial charge in [0.1, 0.15) is 36.7 Å². The highest BCUT2D eigenvalue weighted by Gasteiger charge is 2.07. The van der Waals surface area contributed by atoms with Gasteiger partial charge in [-0.2, -0.15) is 0 Å². The molecule has 0 unspecified atom stereocenters. The van der Waals surface area contributed by atoms with Gasteiger partial charge in [0.15, 0.2) is 0 Å². The Morgan fingerprint density at radius 1 is 1.00 bits per heavy atom. The highest BCUT2D eigenvalue weighted by Crippen LogP contribution is 2.28. The van der Waals surface area contributed by atoms with Crippen LogP contribution < -0.4 is 14.2 Å². The number of unbranched alkanes of at least 4 members (excludes halogenated alkanes) is 1. The van der Waals surface area contributed by atoms with Crippen molar-refractivity contribution in [2.75, 3.05) is 26.9 Å². The average molecular weight is 413 g/mol. The number of pyridine rings is 1. The summed E-state index contributed by atoms with van der Waals surface area (Å²) in [7, 11) is 1.52. The van der Waals surface area contributed by atoms with Crippen molar-refractivity contribution < 1.29 is 19.0 Å². The van der Waals surface area contributed by atoms with Crippen LogP contribution in [0.5, 0.6) is 17.2 Å². The van der Waals surface area contributed by atoms with Crippen molar-refractivity contribution >= 4 is 5.71 Å². The summed E-state index contributed by atoms with van der Waals surface area (Å²) >= 11 is 0. The largest absolute Gasteiger partial charge is 0.493 e. The fraction of sp³-hybridized carbons (Fsp3) is 0.417. The van der Waals surface area contributed by atoms with Crippen LogP contribution in [-0.2, 0) is 4.84 Å². The van der Waals surface area contributed by atoms with Crippen molar-refractivity contribution in [2.45, 2.75) is 40.5 Å². The molecule has 0 aliphatic carbocycles. The van der Waals surface area contributed by atoms with E-state index in [1.165, 1.54) is 7.11 Å². The number of allylic oxidation sites excluding steroid dienone is 1. The summed E-state index contributed by atoms with van der Waals surface area (Å²) in [6.45, 7) is 9.76. The molecule has 0 atom stereocenters. The fourth-order valence-corrected chi connectivity index (χ4v) is 2.89. The van der Waals surface area contributed by atoms with Crippen LogP contribution in [0.4, 0.5) is 0 Å². The molecule has 1 aromatic carbocycles. The Hall–Kier alpha value is -3.02. The van der Waals surface area contributed by atoms with Crippen molar-refractivity contribution in [2.24, 2.45) is 5.16 Å². The number of hydrogen-bond acceptors (Lipinski definition) is 6. The van der Waals surface area contributed by atoms with E-state index in [9.17, 15) is 0 Å². The normalized spacial score (nSPS) is 11.6. The first-order valence-electron chi connectivity index (χ1n) is 10.2. The summed E-state index contributed by atoms with van der Waals surface area (Å²) in [6, 6.07) is 7.79. The third-order valence-electron chi connectivity index (χ3n) is 4.40. The molecule has 0 fully saturated rings. The van der Waals surface area contributed by atoms with Gasteiger partial charge in [-0.25, -0.2) is 0 Å². The van der Waals surface area contributed by atoms with E-state index in [0.717, 1.165) is 52.6 Å². The lowest BCUT2D eigenvalue weighted by Gasteiger charge is -2.14. The van der Waals surface area contributed by atoms with E-state index in [2.05, 4.69) is 10.1 Å². The molecule has 0 amide bonds. The Labute approximate surface area is 179 Å². The first kappa shape index (κ1) is 23.3.